The molecule has 164 valence electrons. The molecule has 7 nitrogen and oxygen atoms in total. The van der Waals surface area contributed by atoms with Gasteiger partial charge in [0.1, 0.15) is 0 Å². The first kappa shape index (κ1) is 21.9. The molecule has 31 heavy (non-hydrogen) atoms. The van der Waals surface area contributed by atoms with E-state index in [4.69, 9.17) is 0 Å². The van der Waals surface area contributed by atoms with Gasteiger partial charge in [0.05, 0.1) is 20.1 Å². The van der Waals surface area contributed by atoms with Crippen molar-refractivity contribution in [2.75, 3.05) is 38.5 Å². The van der Waals surface area contributed by atoms with Crippen LogP contribution in [0.15, 0.2) is 53.4 Å². The van der Waals surface area contributed by atoms with E-state index in [1.54, 1.807) is 35.6 Å². The minimum absolute atomic E-state index is 0.0872. The van der Waals surface area contributed by atoms with Crippen molar-refractivity contribution in [1.29, 1.82) is 0 Å². The fraction of sp³-hybridized carbons (Fsp3) is 0.364. The Morgan fingerprint density at radius 1 is 1.06 bits per heavy atom. The lowest BCUT2D eigenvalue weighted by molar-refractivity contribution is -0.116. The van der Waals surface area contributed by atoms with Gasteiger partial charge in [-0.2, -0.15) is 4.31 Å². The van der Waals surface area contributed by atoms with Gasteiger partial charge < -0.3 is 10.2 Å². The second-order valence-electron chi connectivity index (χ2n) is 7.71. The number of para-hydroxylation sites is 1. The average Bonchev–Trinajstić information content (AvgIpc) is 3.17. The molecule has 9 heteroatoms. The monoisotopic (exact) mass is 458 g/mol. The van der Waals surface area contributed by atoms with Crippen molar-refractivity contribution in [2.45, 2.75) is 24.2 Å². The van der Waals surface area contributed by atoms with E-state index >= 15 is 0 Å². The van der Waals surface area contributed by atoms with Crippen molar-refractivity contribution in [3.8, 4) is 0 Å². The third kappa shape index (κ3) is 5.30. The molecule has 1 saturated heterocycles. The summed E-state index contributed by atoms with van der Waals surface area (Å²) in [4.78, 5) is 19.2. The van der Waals surface area contributed by atoms with Gasteiger partial charge in [0.25, 0.3) is 0 Å². The Labute approximate surface area is 186 Å². The number of carbonyl (C=O) groups is 1. The number of aromatic nitrogens is 1. The number of thiazole rings is 1. The number of nitrogens with one attached hydrogen (secondary N) is 1. The molecule has 1 N–H and O–H groups in total. The summed E-state index contributed by atoms with van der Waals surface area (Å²) in [5.41, 5.74) is 1.60. The van der Waals surface area contributed by atoms with Crippen LogP contribution in [0.5, 0.6) is 0 Å². The maximum Gasteiger partial charge on any atom is 0.243 e. The molecule has 0 saturated carbocycles. The Balaban J connectivity index is 1.28. The predicted molar refractivity (Wildman–Crippen MR) is 124 cm³/mol. The van der Waals surface area contributed by atoms with E-state index in [0.717, 1.165) is 34.7 Å². The maximum absolute atomic E-state index is 12.8. The van der Waals surface area contributed by atoms with Gasteiger partial charge in [0.2, 0.25) is 15.9 Å². The molecule has 1 amide bonds. The predicted octanol–water partition coefficient (Wildman–Crippen LogP) is 3.19. The Kier molecular flexibility index (Phi) is 6.66. The molecule has 2 heterocycles. The molecule has 3 aromatic rings. The minimum Gasteiger partial charge on any atom is -0.326 e. The standard InChI is InChI=1S/C22H26N4O3S2/c1-25-13-15-26(16-14-25)31(28,29)18-11-9-17(10-12-18)23-21(27)7-4-8-22-24-19-5-2-3-6-20(19)30-22/h2-3,5-6,9-12H,4,7-8,13-16H2,1H3,(H,23,27). The van der Waals surface area contributed by atoms with E-state index in [0.29, 0.717) is 31.6 Å². The third-order valence-corrected chi connectivity index (χ3v) is 8.38. The second-order valence-corrected chi connectivity index (χ2v) is 10.8. The van der Waals surface area contributed by atoms with Gasteiger partial charge in [0.15, 0.2) is 0 Å². The molecule has 1 aromatic heterocycles. The molecular formula is C22H26N4O3S2. The number of amides is 1. The number of rotatable bonds is 7. The molecule has 4 rings (SSSR count). The molecule has 0 aliphatic carbocycles. The zero-order valence-electron chi connectivity index (χ0n) is 17.5. The molecule has 1 aliphatic heterocycles. The molecule has 1 aliphatic rings. The lowest BCUT2D eigenvalue weighted by atomic mass is 10.2. The van der Waals surface area contributed by atoms with E-state index in [-0.39, 0.29) is 10.8 Å². The highest BCUT2D eigenvalue weighted by atomic mass is 32.2. The topological polar surface area (TPSA) is 82.6 Å². The summed E-state index contributed by atoms with van der Waals surface area (Å²) in [7, 11) is -1.51. The van der Waals surface area contributed by atoms with Gasteiger partial charge in [0, 0.05) is 38.3 Å². The van der Waals surface area contributed by atoms with Crippen molar-refractivity contribution in [2.24, 2.45) is 0 Å². The first-order valence-electron chi connectivity index (χ1n) is 10.3. The van der Waals surface area contributed by atoms with E-state index in [2.05, 4.69) is 21.3 Å². The summed E-state index contributed by atoms with van der Waals surface area (Å²) >= 11 is 1.66. The van der Waals surface area contributed by atoms with Crippen LogP contribution >= 0.6 is 11.3 Å². The lowest BCUT2D eigenvalue weighted by Gasteiger charge is -2.31. The highest BCUT2D eigenvalue weighted by molar-refractivity contribution is 7.89. The summed E-state index contributed by atoms with van der Waals surface area (Å²) in [6.45, 7) is 2.44. The number of benzene rings is 2. The van der Waals surface area contributed by atoms with Crippen LogP contribution in [0.3, 0.4) is 0 Å². The average molecular weight is 459 g/mol. The van der Waals surface area contributed by atoms with Crippen LogP contribution in [0.25, 0.3) is 10.2 Å². The van der Waals surface area contributed by atoms with Gasteiger partial charge in [-0.1, -0.05) is 12.1 Å². The molecule has 0 radical (unpaired) electrons. The van der Waals surface area contributed by atoms with Crippen molar-refractivity contribution in [1.82, 2.24) is 14.2 Å². The number of likely N-dealkylation sites (N-methyl/N-ethyl adjacent to an activating group) is 1. The van der Waals surface area contributed by atoms with Crippen LogP contribution in [0, 0.1) is 0 Å². The molecule has 0 bridgehead atoms. The first-order chi connectivity index (χ1) is 14.9. The van der Waals surface area contributed by atoms with Crippen LogP contribution in [0.1, 0.15) is 17.8 Å². The number of hydrogen-bond donors (Lipinski definition) is 1. The Morgan fingerprint density at radius 3 is 2.48 bits per heavy atom. The van der Waals surface area contributed by atoms with E-state index in [1.165, 1.54) is 4.31 Å². The molecule has 0 spiro atoms. The highest BCUT2D eigenvalue weighted by Crippen LogP contribution is 2.23. The van der Waals surface area contributed by atoms with Crippen LogP contribution in [-0.4, -0.2) is 61.7 Å². The van der Waals surface area contributed by atoms with Crippen LogP contribution in [-0.2, 0) is 21.2 Å². The van der Waals surface area contributed by atoms with E-state index in [9.17, 15) is 13.2 Å². The van der Waals surface area contributed by atoms with Gasteiger partial charge in [-0.25, -0.2) is 13.4 Å². The van der Waals surface area contributed by atoms with Crippen LogP contribution in [0.2, 0.25) is 0 Å². The van der Waals surface area contributed by atoms with Gasteiger partial charge in [-0.15, -0.1) is 11.3 Å². The van der Waals surface area contributed by atoms with Crippen LogP contribution in [0.4, 0.5) is 5.69 Å². The van der Waals surface area contributed by atoms with Gasteiger partial charge in [-0.05, 0) is 56.3 Å². The van der Waals surface area contributed by atoms with Crippen molar-refractivity contribution >= 4 is 43.2 Å². The number of nitrogens with zero attached hydrogens (tertiary/aromatic N) is 3. The van der Waals surface area contributed by atoms with E-state index < -0.39 is 10.0 Å². The maximum atomic E-state index is 12.8. The number of aryl methyl sites for hydroxylation is 1. The zero-order chi connectivity index (χ0) is 21.8. The highest BCUT2D eigenvalue weighted by Gasteiger charge is 2.27. The SMILES string of the molecule is CN1CCN(S(=O)(=O)c2ccc(NC(=O)CCCc3nc4ccccc4s3)cc2)CC1. The van der Waals surface area contributed by atoms with Gasteiger partial charge >= 0.3 is 0 Å². The molecule has 1 fully saturated rings. The quantitative estimate of drug-likeness (QED) is 0.588. The van der Waals surface area contributed by atoms with Crippen molar-refractivity contribution in [3.05, 3.63) is 53.5 Å². The normalized spacial score (nSPS) is 15.9. The van der Waals surface area contributed by atoms with Crippen molar-refractivity contribution < 1.29 is 13.2 Å². The number of carbonyl (C=O) groups excluding carboxylic acids is 1. The Hall–Kier alpha value is -2.33. The first-order valence-corrected chi connectivity index (χ1v) is 12.6. The minimum atomic E-state index is -3.50. The molecule has 0 unspecified atom stereocenters. The van der Waals surface area contributed by atoms with Gasteiger partial charge in [-0.3, -0.25) is 4.79 Å². The molecular weight excluding hydrogens is 432 g/mol. The summed E-state index contributed by atoms with van der Waals surface area (Å²) in [5, 5.41) is 3.88. The fourth-order valence-electron chi connectivity index (χ4n) is 3.54. The summed E-state index contributed by atoms with van der Waals surface area (Å²) < 4.78 is 28.2. The summed E-state index contributed by atoms with van der Waals surface area (Å²) in [6, 6.07) is 14.4. The summed E-state index contributed by atoms with van der Waals surface area (Å²) in [6.07, 6.45) is 1.85. The lowest BCUT2D eigenvalue weighted by Crippen LogP contribution is -2.46. The fourth-order valence-corrected chi connectivity index (χ4v) is 5.97. The molecule has 0 atom stereocenters. The van der Waals surface area contributed by atoms with Crippen molar-refractivity contribution in [3.63, 3.8) is 0 Å². The number of piperazine rings is 1. The Bertz CT molecular complexity index is 1120. The summed E-state index contributed by atoms with van der Waals surface area (Å²) in [5.74, 6) is -0.0872. The molecule has 2 aromatic carbocycles. The number of fused-ring (bicyclic) bond motifs is 1. The zero-order valence-corrected chi connectivity index (χ0v) is 19.1. The third-order valence-electron chi connectivity index (χ3n) is 5.37. The number of anilines is 1. The number of sulfonamides is 1. The largest absolute Gasteiger partial charge is 0.326 e. The smallest absolute Gasteiger partial charge is 0.243 e. The Morgan fingerprint density at radius 2 is 1.77 bits per heavy atom. The second kappa shape index (κ2) is 9.44. The van der Waals surface area contributed by atoms with E-state index in [1.807, 2.05) is 25.2 Å². The number of hydrogen-bond acceptors (Lipinski definition) is 6. The van der Waals surface area contributed by atoms with Crippen LogP contribution < -0.4 is 5.32 Å².